The fourth-order valence-corrected chi connectivity index (χ4v) is 7.09. The van der Waals surface area contributed by atoms with E-state index in [1.807, 2.05) is 0 Å². The zero-order valence-electron chi connectivity index (χ0n) is 28.6. The van der Waals surface area contributed by atoms with Crippen molar-refractivity contribution in [2.45, 2.75) is 122 Å². The molecule has 0 bridgehead atoms. The molecule has 5 atom stereocenters. The molecule has 0 spiro atoms. The van der Waals surface area contributed by atoms with E-state index < -0.39 is 62.9 Å². The molecule has 0 saturated carbocycles. The molecule has 0 aliphatic carbocycles. The first-order valence-corrected chi connectivity index (χ1v) is 22.1. The number of nitro benzene ring substituents is 1. The fourth-order valence-electron chi connectivity index (χ4n) is 4.45. The molecule has 1 aliphatic rings. The van der Waals surface area contributed by atoms with Crippen LogP contribution in [0.5, 0.6) is 5.88 Å². The summed E-state index contributed by atoms with van der Waals surface area (Å²) in [5, 5.41) is 11.4. The lowest BCUT2D eigenvalue weighted by molar-refractivity contribution is -0.386. The van der Waals surface area contributed by atoms with Crippen molar-refractivity contribution < 1.29 is 36.2 Å². The maximum absolute atomic E-state index is 13.3. The van der Waals surface area contributed by atoms with E-state index in [0.29, 0.717) is 12.0 Å². The Bertz CT molecular complexity index is 1470. The maximum atomic E-state index is 13.3. The Morgan fingerprint density at radius 1 is 1.11 bits per heavy atom. The smallest absolute Gasteiger partial charge is 0.353 e. The number of nitrogens with zero attached hydrogens (tertiary/aromatic N) is 3. The van der Waals surface area contributed by atoms with Gasteiger partial charge < -0.3 is 27.1 Å². The number of nitro groups is 1. The van der Waals surface area contributed by atoms with Crippen LogP contribution in [-0.2, 0) is 36.3 Å². The third-order valence-electron chi connectivity index (χ3n) is 9.35. The molecule has 16 heteroatoms. The van der Waals surface area contributed by atoms with E-state index in [0.717, 1.165) is 0 Å². The summed E-state index contributed by atoms with van der Waals surface area (Å²) in [6.45, 7) is 23.2. The van der Waals surface area contributed by atoms with Crippen molar-refractivity contribution in [3.8, 4) is 5.88 Å². The highest BCUT2D eigenvalue weighted by molar-refractivity contribution is 7.74. The molecule has 46 heavy (non-hydrogen) atoms. The van der Waals surface area contributed by atoms with Gasteiger partial charge in [0.2, 0.25) is 5.88 Å². The van der Waals surface area contributed by atoms with Crippen LogP contribution in [0.15, 0.2) is 35.3 Å². The molecule has 258 valence electrons. The van der Waals surface area contributed by atoms with E-state index >= 15 is 0 Å². The van der Waals surface area contributed by atoms with Crippen LogP contribution in [0.3, 0.4) is 0 Å². The monoisotopic (exact) mass is 698 g/mol. The van der Waals surface area contributed by atoms with Gasteiger partial charge in [-0.15, -0.1) is 0 Å². The molecule has 2 heterocycles. The molecule has 2 unspecified atom stereocenters. The summed E-state index contributed by atoms with van der Waals surface area (Å²) in [5.74, 6) is -0.450. The summed E-state index contributed by atoms with van der Waals surface area (Å²) < 4.78 is 54.7. The Kier molecular flexibility index (Phi) is 12.0. The number of benzene rings is 1. The summed E-state index contributed by atoms with van der Waals surface area (Å²) in [6, 6.07) is 6.16. The van der Waals surface area contributed by atoms with Gasteiger partial charge in [0.05, 0.1) is 41.5 Å². The van der Waals surface area contributed by atoms with Gasteiger partial charge in [-0.05, 0) is 49.3 Å². The molecule has 0 N–H and O–H groups in total. The van der Waals surface area contributed by atoms with Crippen LogP contribution in [0.4, 0.5) is 5.69 Å². The molecule has 1 aromatic heterocycles. The number of aromatic nitrogens is 2. The predicted molar refractivity (Wildman–Crippen MR) is 178 cm³/mol. The van der Waals surface area contributed by atoms with Gasteiger partial charge in [-0.25, -0.2) is 9.00 Å². The van der Waals surface area contributed by atoms with Gasteiger partial charge in [0.15, 0.2) is 16.6 Å². The van der Waals surface area contributed by atoms with Crippen molar-refractivity contribution in [2.24, 2.45) is 0 Å². The Balaban J connectivity index is 1.95. The van der Waals surface area contributed by atoms with Crippen LogP contribution in [0.25, 0.3) is 0 Å². The maximum Gasteiger partial charge on any atom is 0.353 e. The molecule has 2 aromatic rings. The average Bonchev–Trinajstić information content (AvgIpc) is 3.31. The van der Waals surface area contributed by atoms with Crippen LogP contribution in [0.2, 0.25) is 36.3 Å². The van der Waals surface area contributed by atoms with E-state index in [9.17, 15) is 23.7 Å². The highest BCUT2D eigenvalue weighted by atomic mass is 32.2. The number of hydrogen-bond acceptors (Lipinski definition) is 11. The standard InChI is InChI=1S/C30H49N3O10SSi2/c1-20(22-14-12-13-15-23(22)33(35)36)39-18-21-17-32(28(34)31-27(21)42-44(37)38)26-16-24(43-46(10,11)30(5,6)7)25(41-26)19-40-45(8,9)29(2,3)4/h12-15,17,20,24-26H,16,18-19H2,1-11H3,(H,37,38)/p-1/t20?,24-,25-,26-/m1/s1. The third kappa shape index (κ3) is 9.18. The summed E-state index contributed by atoms with van der Waals surface area (Å²) >= 11 is -3.02. The number of hydrogen-bond donors (Lipinski definition) is 0. The summed E-state index contributed by atoms with van der Waals surface area (Å²) in [4.78, 5) is 28.2. The summed E-state index contributed by atoms with van der Waals surface area (Å²) in [6.07, 6.45) is -0.653. The predicted octanol–water partition coefficient (Wildman–Crippen LogP) is 6.30. The van der Waals surface area contributed by atoms with Crippen LogP contribution in [-0.4, -0.2) is 58.7 Å². The number of ether oxygens (including phenoxy) is 2. The molecule has 13 nitrogen and oxygen atoms in total. The van der Waals surface area contributed by atoms with Crippen molar-refractivity contribution in [3.05, 3.63) is 62.2 Å². The summed E-state index contributed by atoms with van der Waals surface area (Å²) in [7, 11) is -4.40. The van der Waals surface area contributed by atoms with Gasteiger partial charge in [0, 0.05) is 18.7 Å². The lowest BCUT2D eigenvalue weighted by Crippen LogP contribution is -2.48. The van der Waals surface area contributed by atoms with Gasteiger partial charge in [0.25, 0.3) is 5.69 Å². The van der Waals surface area contributed by atoms with Gasteiger partial charge in [-0.1, -0.05) is 53.7 Å². The van der Waals surface area contributed by atoms with E-state index in [1.54, 1.807) is 25.1 Å². The number of para-hydroxylation sites is 1. The van der Waals surface area contributed by atoms with Crippen molar-refractivity contribution >= 4 is 33.7 Å². The molecular weight excluding hydrogens is 651 g/mol. The first-order chi connectivity index (χ1) is 21.0. The largest absolute Gasteiger partial charge is 0.740 e. The van der Waals surface area contributed by atoms with E-state index in [-0.39, 0.29) is 40.6 Å². The quantitative estimate of drug-likeness (QED) is 0.0997. The van der Waals surface area contributed by atoms with E-state index in [2.05, 4.69) is 72.7 Å². The van der Waals surface area contributed by atoms with Crippen molar-refractivity contribution in [2.75, 3.05) is 6.61 Å². The zero-order chi connectivity index (χ0) is 34.8. The first kappa shape index (κ1) is 38.1. The van der Waals surface area contributed by atoms with Gasteiger partial charge in [-0.2, -0.15) is 4.98 Å². The number of rotatable bonds is 13. The minimum absolute atomic E-state index is 0.0225. The molecular formula is C30H48N3O10SSi2-. The normalized spacial score (nSPS) is 20.8. The highest BCUT2D eigenvalue weighted by Crippen LogP contribution is 2.42. The molecule has 1 aromatic carbocycles. The second-order valence-electron chi connectivity index (χ2n) is 14.7. The topological polar surface area (TPSA) is 164 Å². The van der Waals surface area contributed by atoms with Crippen molar-refractivity contribution in [3.63, 3.8) is 0 Å². The van der Waals surface area contributed by atoms with E-state index in [4.69, 9.17) is 22.5 Å². The molecule has 3 rings (SSSR count). The minimum Gasteiger partial charge on any atom is -0.740 e. The lowest BCUT2D eigenvalue weighted by atomic mass is 10.1. The second-order valence-corrected chi connectivity index (χ2v) is 24.8. The van der Waals surface area contributed by atoms with Crippen molar-refractivity contribution in [1.29, 1.82) is 0 Å². The van der Waals surface area contributed by atoms with Crippen molar-refractivity contribution in [1.82, 2.24) is 9.55 Å². The first-order valence-electron chi connectivity index (χ1n) is 15.3. The highest BCUT2D eigenvalue weighted by Gasteiger charge is 2.47. The SMILES string of the molecule is CC(OCc1cn([C@H]2C[C@@H](O[Si](C)(C)C(C)(C)C)[C@@H](CO[Si](C)(C)C(C)(C)C)O2)c(=O)nc1OS(=O)[O-])c1ccccc1[N+](=O)[O-]. The van der Waals surface area contributed by atoms with Gasteiger partial charge in [0.1, 0.15) is 23.7 Å². The Hall–Kier alpha value is -2.32. The van der Waals surface area contributed by atoms with Crippen LogP contribution < -0.4 is 9.87 Å². The second kappa shape index (κ2) is 14.4. The molecule has 0 radical (unpaired) electrons. The van der Waals surface area contributed by atoms with Gasteiger partial charge >= 0.3 is 5.69 Å². The van der Waals surface area contributed by atoms with Crippen LogP contribution in [0, 0.1) is 10.1 Å². The molecule has 1 saturated heterocycles. The molecule has 1 fully saturated rings. The lowest BCUT2D eigenvalue weighted by Gasteiger charge is -2.40. The Morgan fingerprint density at radius 3 is 2.28 bits per heavy atom. The zero-order valence-corrected chi connectivity index (χ0v) is 31.5. The minimum atomic E-state index is -3.02. The average molecular weight is 699 g/mol. The Morgan fingerprint density at radius 2 is 1.72 bits per heavy atom. The van der Waals surface area contributed by atoms with Crippen LogP contribution >= 0.6 is 0 Å². The van der Waals surface area contributed by atoms with Crippen LogP contribution in [0.1, 0.15) is 78.3 Å². The van der Waals surface area contributed by atoms with E-state index in [1.165, 1.54) is 16.8 Å². The third-order valence-corrected chi connectivity index (χ3v) is 18.7. The van der Waals surface area contributed by atoms with Gasteiger partial charge in [-0.3, -0.25) is 14.7 Å². The molecule has 0 amide bonds. The fraction of sp³-hybridized carbons (Fsp3) is 0.667. The summed E-state index contributed by atoms with van der Waals surface area (Å²) in [5.41, 5.74) is -0.426. The molecule has 1 aliphatic heterocycles. The Labute approximate surface area is 275 Å².